The lowest BCUT2D eigenvalue weighted by atomic mass is 10.2. The van der Waals surface area contributed by atoms with Crippen molar-refractivity contribution in [2.24, 2.45) is 0 Å². The number of likely N-dealkylation sites (tertiary alicyclic amines) is 1. The van der Waals surface area contributed by atoms with E-state index in [1.54, 1.807) is 18.1 Å². The predicted octanol–water partition coefficient (Wildman–Crippen LogP) is 2.24. The number of carbonyl (C=O) groups is 1. The van der Waals surface area contributed by atoms with Crippen LogP contribution in [0.4, 0.5) is 0 Å². The summed E-state index contributed by atoms with van der Waals surface area (Å²) in [6.45, 7) is 1.09. The molecule has 1 atom stereocenters. The second kappa shape index (κ2) is 6.01. The molecule has 8 heteroatoms. The Morgan fingerprint density at radius 2 is 2.15 bits per heavy atom. The Morgan fingerprint density at radius 1 is 1.45 bits per heavy atom. The second-order valence-electron chi connectivity index (χ2n) is 4.51. The van der Waals surface area contributed by atoms with Crippen molar-refractivity contribution in [1.82, 2.24) is 4.90 Å². The van der Waals surface area contributed by atoms with E-state index in [1.165, 1.54) is 12.1 Å². The van der Waals surface area contributed by atoms with Gasteiger partial charge in [-0.2, -0.15) is 0 Å². The summed E-state index contributed by atoms with van der Waals surface area (Å²) in [5.74, 6) is -0.229. The molecule has 1 unspecified atom stereocenters. The first-order valence-corrected chi connectivity index (χ1v) is 8.99. The van der Waals surface area contributed by atoms with Crippen molar-refractivity contribution in [3.63, 3.8) is 0 Å². The SMILES string of the molecule is COC1CCN(C(=O)c2cc(Br)cc(S(=O)(=O)Cl)c2)C1. The molecular formula is C12H13BrClNO4S. The van der Waals surface area contributed by atoms with Gasteiger partial charge in [-0.3, -0.25) is 4.79 Å². The third-order valence-corrected chi connectivity index (χ3v) is 4.96. The molecule has 0 N–H and O–H groups in total. The molecule has 1 aromatic carbocycles. The van der Waals surface area contributed by atoms with Gasteiger partial charge in [0.25, 0.3) is 15.0 Å². The van der Waals surface area contributed by atoms with Crippen molar-refractivity contribution in [2.75, 3.05) is 20.2 Å². The average Bonchev–Trinajstić information content (AvgIpc) is 2.84. The molecule has 1 saturated heterocycles. The molecule has 1 fully saturated rings. The van der Waals surface area contributed by atoms with Gasteiger partial charge in [0.15, 0.2) is 0 Å². The first kappa shape index (κ1) is 15.8. The Kier molecular flexibility index (Phi) is 4.73. The minimum Gasteiger partial charge on any atom is -0.380 e. The molecule has 1 amide bonds. The number of benzene rings is 1. The molecule has 20 heavy (non-hydrogen) atoms. The molecule has 1 heterocycles. The fourth-order valence-corrected chi connectivity index (χ4v) is 3.56. The molecule has 0 aliphatic carbocycles. The van der Waals surface area contributed by atoms with Gasteiger partial charge in [0.1, 0.15) is 0 Å². The number of amides is 1. The van der Waals surface area contributed by atoms with Crippen LogP contribution in [0.25, 0.3) is 0 Å². The summed E-state index contributed by atoms with van der Waals surface area (Å²) in [6.07, 6.45) is 0.805. The Bertz CT molecular complexity index is 634. The van der Waals surface area contributed by atoms with Crippen molar-refractivity contribution >= 4 is 41.6 Å². The van der Waals surface area contributed by atoms with Crippen molar-refractivity contribution < 1.29 is 17.9 Å². The Morgan fingerprint density at radius 3 is 2.70 bits per heavy atom. The van der Waals surface area contributed by atoms with Crippen molar-refractivity contribution in [3.05, 3.63) is 28.2 Å². The van der Waals surface area contributed by atoms with Gasteiger partial charge in [0.2, 0.25) is 0 Å². The molecule has 110 valence electrons. The maximum Gasteiger partial charge on any atom is 0.261 e. The van der Waals surface area contributed by atoms with Gasteiger partial charge in [0, 0.05) is 40.9 Å². The molecule has 1 aromatic rings. The van der Waals surface area contributed by atoms with E-state index in [9.17, 15) is 13.2 Å². The van der Waals surface area contributed by atoms with Crippen LogP contribution in [0.3, 0.4) is 0 Å². The second-order valence-corrected chi connectivity index (χ2v) is 7.99. The number of halogens is 2. The summed E-state index contributed by atoms with van der Waals surface area (Å²) < 4.78 is 28.5. The molecule has 0 radical (unpaired) electrons. The summed E-state index contributed by atoms with van der Waals surface area (Å²) in [7, 11) is 3.05. The van der Waals surface area contributed by atoms with Crippen molar-refractivity contribution in [1.29, 1.82) is 0 Å². The zero-order valence-electron chi connectivity index (χ0n) is 10.7. The van der Waals surface area contributed by atoms with Crippen molar-refractivity contribution in [3.8, 4) is 0 Å². The summed E-state index contributed by atoms with van der Waals surface area (Å²) in [5.41, 5.74) is 0.287. The number of ether oxygens (including phenoxy) is 1. The first-order chi connectivity index (χ1) is 9.31. The number of nitrogens with zero attached hydrogens (tertiary/aromatic N) is 1. The monoisotopic (exact) mass is 381 g/mol. The fraction of sp³-hybridized carbons (Fsp3) is 0.417. The highest BCUT2D eigenvalue weighted by molar-refractivity contribution is 9.10. The highest BCUT2D eigenvalue weighted by Gasteiger charge is 2.27. The van der Waals surface area contributed by atoms with E-state index in [2.05, 4.69) is 15.9 Å². The number of hydrogen-bond acceptors (Lipinski definition) is 4. The Labute approximate surface area is 130 Å². The topological polar surface area (TPSA) is 63.7 Å². The number of carbonyl (C=O) groups excluding carboxylic acids is 1. The average molecular weight is 383 g/mol. The third-order valence-electron chi connectivity index (χ3n) is 3.17. The van der Waals surface area contributed by atoms with Crippen LogP contribution in [0.15, 0.2) is 27.6 Å². The van der Waals surface area contributed by atoms with Crippen LogP contribution < -0.4 is 0 Å². The van der Waals surface area contributed by atoms with Crippen LogP contribution in [0, 0.1) is 0 Å². The molecule has 2 rings (SSSR count). The summed E-state index contributed by atoms with van der Waals surface area (Å²) in [6, 6.07) is 4.23. The van der Waals surface area contributed by atoms with Crippen LogP contribution in [-0.2, 0) is 13.8 Å². The summed E-state index contributed by atoms with van der Waals surface area (Å²) in [4.78, 5) is 13.9. The van der Waals surface area contributed by atoms with E-state index in [4.69, 9.17) is 15.4 Å². The van der Waals surface area contributed by atoms with E-state index in [0.717, 1.165) is 6.42 Å². The third kappa shape index (κ3) is 3.52. The first-order valence-electron chi connectivity index (χ1n) is 5.88. The van der Waals surface area contributed by atoms with Crippen LogP contribution in [0.5, 0.6) is 0 Å². The Balaban J connectivity index is 2.29. The molecule has 0 aromatic heterocycles. The van der Waals surface area contributed by atoms with E-state index >= 15 is 0 Å². The van der Waals surface area contributed by atoms with E-state index in [1.807, 2.05) is 0 Å². The zero-order chi connectivity index (χ0) is 14.9. The van der Waals surface area contributed by atoms with Gasteiger partial charge in [-0.15, -0.1) is 0 Å². The minimum atomic E-state index is -3.87. The molecule has 0 spiro atoms. The molecular weight excluding hydrogens is 370 g/mol. The molecule has 0 saturated carbocycles. The molecule has 0 bridgehead atoms. The van der Waals surface area contributed by atoms with Gasteiger partial charge in [-0.25, -0.2) is 8.42 Å². The summed E-state index contributed by atoms with van der Waals surface area (Å²) in [5, 5.41) is 0. The number of methoxy groups -OCH3 is 1. The Hall–Kier alpha value is -0.630. The molecule has 1 aliphatic rings. The highest BCUT2D eigenvalue weighted by Crippen LogP contribution is 2.24. The van der Waals surface area contributed by atoms with E-state index < -0.39 is 9.05 Å². The normalized spacial score (nSPS) is 19.4. The fourth-order valence-electron chi connectivity index (χ4n) is 2.11. The molecule has 5 nitrogen and oxygen atoms in total. The minimum absolute atomic E-state index is 0.0299. The lowest BCUT2D eigenvalue weighted by molar-refractivity contribution is 0.0724. The van der Waals surface area contributed by atoms with Gasteiger partial charge >= 0.3 is 0 Å². The lowest BCUT2D eigenvalue weighted by Crippen LogP contribution is -2.30. The number of rotatable bonds is 3. The largest absolute Gasteiger partial charge is 0.380 e. The predicted molar refractivity (Wildman–Crippen MR) is 78.5 cm³/mol. The maximum atomic E-state index is 12.4. The van der Waals surface area contributed by atoms with Gasteiger partial charge in [0.05, 0.1) is 11.0 Å². The van der Waals surface area contributed by atoms with Crippen LogP contribution >= 0.6 is 26.6 Å². The lowest BCUT2D eigenvalue weighted by Gasteiger charge is -2.16. The smallest absolute Gasteiger partial charge is 0.261 e. The van der Waals surface area contributed by atoms with Crippen LogP contribution in [-0.4, -0.2) is 45.5 Å². The standard InChI is InChI=1S/C12H13BrClNO4S/c1-19-10-2-3-15(7-10)12(16)8-4-9(13)6-11(5-8)20(14,17)18/h4-6,10H,2-3,7H2,1H3. The van der Waals surface area contributed by atoms with Crippen LogP contribution in [0.2, 0.25) is 0 Å². The van der Waals surface area contributed by atoms with Crippen LogP contribution in [0.1, 0.15) is 16.8 Å². The summed E-state index contributed by atoms with van der Waals surface area (Å²) >= 11 is 3.19. The van der Waals surface area contributed by atoms with E-state index in [-0.39, 0.29) is 22.5 Å². The van der Waals surface area contributed by atoms with Crippen molar-refractivity contribution in [2.45, 2.75) is 17.4 Å². The number of hydrogen-bond donors (Lipinski definition) is 0. The van der Waals surface area contributed by atoms with Gasteiger partial charge < -0.3 is 9.64 Å². The quantitative estimate of drug-likeness (QED) is 0.752. The maximum absolute atomic E-state index is 12.4. The van der Waals surface area contributed by atoms with E-state index in [0.29, 0.717) is 17.6 Å². The van der Waals surface area contributed by atoms with Gasteiger partial charge in [-0.05, 0) is 24.6 Å². The van der Waals surface area contributed by atoms with Gasteiger partial charge in [-0.1, -0.05) is 15.9 Å². The molecule has 1 aliphatic heterocycles. The zero-order valence-corrected chi connectivity index (χ0v) is 13.8. The highest BCUT2D eigenvalue weighted by atomic mass is 79.9.